The molecule has 4 aliphatic rings. The Morgan fingerprint density at radius 2 is 1.37 bits per heavy atom. The molecule has 1 nitrogen and oxygen atoms in total. The van der Waals surface area contributed by atoms with Gasteiger partial charge in [0.15, 0.2) is 0 Å². The molecule has 6 unspecified atom stereocenters. The van der Waals surface area contributed by atoms with E-state index in [1.165, 1.54) is 0 Å². The van der Waals surface area contributed by atoms with E-state index in [4.69, 9.17) is 0 Å². The summed E-state index contributed by atoms with van der Waals surface area (Å²) in [5.41, 5.74) is -5.88. The largest absolute Gasteiger partial charge is 0.426 e. The van der Waals surface area contributed by atoms with Gasteiger partial charge in [0.25, 0.3) is 5.60 Å². The van der Waals surface area contributed by atoms with E-state index in [2.05, 4.69) is 20.8 Å². The van der Waals surface area contributed by atoms with Crippen molar-refractivity contribution in [1.29, 1.82) is 0 Å². The Bertz CT molecular complexity index is 687. The van der Waals surface area contributed by atoms with Crippen molar-refractivity contribution in [3.8, 4) is 0 Å². The van der Waals surface area contributed by atoms with E-state index in [-0.39, 0.29) is 27.6 Å². The second-order valence-electron chi connectivity index (χ2n) is 11.5. The highest BCUT2D eigenvalue weighted by molar-refractivity contribution is 5.46. The van der Waals surface area contributed by atoms with Gasteiger partial charge < -0.3 is 5.11 Å². The van der Waals surface area contributed by atoms with Crippen LogP contribution in [0.1, 0.15) is 60.8 Å². The molecule has 0 aromatic heterocycles. The fourth-order valence-corrected chi connectivity index (χ4v) is 8.34. The summed E-state index contributed by atoms with van der Waals surface area (Å²) >= 11 is 0. The van der Waals surface area contributed by atoms with Crippen LogP contribution in [0.5, 0.6) is 0 Å². The van der Waals surface area contributed by atoms with Crippen molar-refractivity contribution in [3.63, 3.8) is 0 Å². The summed E-state index contributed by atoms with van der Waals surface area (Å²) < 4.78 is 80.1. The lowest BCUT2D eigenvalue weighted by atomic mass is 9.68. The molecular weight excluding hydrogens is 370 g/mol. The molecule has 156 valence electrons. The normalized spacial score (nSPS) is 47.7. The third-order valence-corrected chi connectivity index (χ3v) is 9.95. The topological polar surface area (TPSA) is 20.2 Å². The zero-order valence-corrected chi connectivity index (χ0v) is 16.6. The van der Waals surface area contributed by atoms with Crippen LogP contribution in [0.4, 0.5) is 26.3 Å². The number of alkyl halides is 6. The maximum atomic E-state index is 13.3. The van der Waals surface area contributed by atoms with Gasteiger partial charge >= 0.3 is 12.4 Å². The third kappa shape index (κ3) is 1.73. The van der Waals surface area contributed by atoms with Crippen LogP contribution >= 0.6 is 0 Å². The van der Waals surface area contributed by atoms with Crippen LogP contribution < -0.4 is 0 Å². The first-order valence-corrected chi connectivity index (χ1v) is 9.61. The first kappa shape index (κ1) is 19.8. The van der Waals surface area contributed by atoms with Crippen molar-refractivity contribution in [2.45, 2.75) is 78.8 Å². The summed E-state index contributed by atoms with van der Waals surface area (Å²) in [4.78, 5) is 0. The van der Waals surface area contributed by atoms with E-state index in [0.29, 0.717) is 18.8 Å². The lowest BCUT2D eigenvalue weighted by Gasteiger charge is -2.39. The molecule has 4 rings (SSSR count). The summed E-state index contributed by atoms with van der Waals surface area (Å²) in [6, 6.07) is 0. The van der Waals surface area contributed by atoms with Gasteiger partial charge in [-0.05, 0) is 64.1 Å². The van der Waals surface area contributed by atoms with Gasteiger partial charge in [0.05, 0.1) is 0 Å². The van der Waals surface area contributed by atoms with Crippen LogP contribution in [-0.4, -0.2) is 23.1 Å². The highest BCUT2D eigenvalue weighted by Gasteiger charge is 2.99. The highest BCUT2D eigenvalue weighted by atomic mass is 19.4. The fourth-order valence-electron chi connectivity index (χ4n) is 8.34. The molecule has 27 heavy (non-hydrogen) atoms. The first-order valence-electron chi connectivity index (χ1n) is 9.61. The molecule has 0 saturated heterocycles. The molecule has 0 radical (unpaired) electrons. The van der Waals surface area contributed by atoms with E-state index in [9.17, 15) is 31.4 Å². The van der Waals surface area contributed by atoms with Crippen LogP contribution in [-0.2, 0) is 0 Å². The Morgan fingerprint density at radius 3 is 1.78 bits per heavy atom. The summed E-state index contributed by atoms with van der Waals surface area (Å²) in [6.45, 7) is 12.4. The minimum atomic E-state index is -5.73. The van der Waals surface area contributed by atoms with Gasteiger partial charge in [0, 0.05) is 0 Å². The van der Waals surface area contributed by atoms with E-state index < -0.39 is 35.7 Å². The molecule has 2 bridgehead atoms. The van der Waals surface area contributed by atoms with Gasteiger partial charge in [0.1, 0.15) is 0 Å². The molecule has 4 fully saturated rings. The number of fused-ring (bicyclic) bond motifs is 1. The average Bonchev–Trinajstić information content (AvgIpc) is 2.99. The quantitative estimate of drug-likeness (QED) is 0.569. The summed E-state index contributed by atoms with van der Waals surface area (Å²) in [6.07, 6.45) is -11.7. The zero-order valence-electron chi connectivity index (χ0n) is 16.6. The van der Waals surface area contributed by atoms with Gasteiger partial charge in [-0.1, -0.05) is 41.5 Å². The molecule has 1 N–H and O–H groups in total. The van der Waals surface area contributed by atoms with Gasteiger partial charge in [-0.25, -0.2) is 0 Å². The van der Waals surface area contributed by atoms with Crippen molar-refractivity contribution < 1.29 is 31.4 Å². The second-order valence-corrected chi connectivity index (χ2v) is 11.5. The van der Waals surface area contributed by atoms with Crippen LogP contribution in [0.3, 0.4) is 0 Å². The number of hydrogen-bond donors (Lipinski definition) is 1. The lowest BCUT2D eigenvalue weighted by Crippen LogP contribution is -2.58. The van der Waals surface area contributed by atoms with Crippen LogP contribution in [0.15, 0.2) is 0 Å². The Morgan fingerprint density at radius 1 is 0.889 bits per heavy atom. The summed E-state index contributed by atoms with van der Waals surface area (Å²) in [7, 11) is 0. The third-order valence-electron chi connectivity index (χ3n) is 9.95. The molecule has 0 amide bonds. The van der Waals surface area contributed by atoms with Crippen LogP contribution in [0.2, 0.25) is 0 Å². The van der Waals surface area contributed by atoms with E-state index >= 15 is 0 Å². The molecule has 6 atom stereocenters. The Balaban J connectivity index is 1.76. The average molecular weight is 398 g/mol. The molecular formula is C20H28F6O. The van der Waals surface area contributed by atoms with Gasteiger partial charge in [-0.3, -0.25) is 0 Å². The molecule has 7 heteroatoms. The van der Waals surface area contributed by atoms with Crippen molar-refractivity contribution in [3.05, 3.63) is 0 Å². The Labute approximate surface area is 155 Å². The molecule has 0 heterocycles. The predicted octanol–water partition coefficient (Wildman–Crippen LogP) is 5.97. The van der Waals surface area contributed by atoms with Gasteiger partial charge in [-0.15, -0.1) is 0 Å². The van der Waals surface area contributed by atoms with Crippen molar-refractivity contribution in [2.75, 3.05) is 0 Å². The number of hydrogen-bond acceptors (Lipinski definition) is 1. The minimum absolute atomic E-state index is 0.0481. The first-order chi connectivity index (χ1) is 11.8. The monoisotopic (exact) mass is 398 g/mol. The molecule has 2 spiro atoms. The standard InChI is InChI=1S/C20H28F6O/c1-13(2,3)15(6)12-11-14(4,5)16(11)7-10(17(12,15)9-16)8-18(27,19(21,22)23)20(24,25)26/h10-12,27H,7-9H2,1-6H3. The summed E-state index contributed by atoms with van der Waals surface area (Å²) in [5, 5.41) is 9.86. The van der Waals surface area contributed by atoms with Crippen LogP contribution in [0, 0.1) is 44.8 Å². The number of rotatable bonds is 2. The van der Waals surface area contributed by atoms with E-state index in [0.717, 1.165) is 0 Å². The predicted molar refractivity (Wildman–Crippen MR) is 87.6 cm³/mol. The van der Waals surface area contributed by atoms with Crippen molar-refractivity contribution >= 4 is 0 Å². The molecule has 4 aliphatic carbocycles. The SMILES string of the molecule is CC(C)(C)C1(C)C2C3C(C)(C)C34CC(CC(O)(C(F)(F)F)C(F)(F)F)C21C4. The second kappa shape index (κ2) is 4.34. The maximum Gasteiger partial charge on any atom is 0.426 e. The molecule has 0 aromatic carbocycles. The van der Waals surface area contributed by atoms with Gasteiger partial charge in [-0.2, -0.15) is 26.3 Å². The Hall–Kier alpha value is -0.460. The number of aliphatic hydroxyl groups is 1. The highest BCUT2D eigenvalue weighted by Crippen LogP contribution is 3.04. The van der Waals surface area contributed by atoms with Crippen molar-refractivity contribution in [1.82, 2.24) is 0 Å². The molecule has 4 saturated carbocycles. The summed E-state index contributed by atoms with van der Waals surface area (Å²) in [5.74, 6) is -0.252. The smallest absolute Gasteiger partial charge is 0.374 e. The van der Waals surface area contributed by atoms with Gasteiger partial charge in [0.2, 0.25) is 0 Å². The van der Waals surface area contributed by atoms with E-state index in [1.54, 1.807) is 0 Å². The van der Waals surface area contributed by atoms with Crippen molar-refractivity contribution in [2.24, 2.45) is 44.8 Å². The Kier molecular flexibility index (Phi) is 3.19. The molecule has 0 aromatic rings. The maximum absolute atomic E-state index is 13.3. The minimum Gasteiger partial charge on any atom is -0.374 e. The lowest BCUT2D eigenvalue weighted by molar-refractivity contribution is -0.373. The van der Waals surface area contributed by atoms with Crippen LogP contribution in [0.25, 0.3) is 0 Å². The molecule has 0 aliphatic heterocycles. The number of halogens is 6. The zero-order chi connectivity index (χ0) is 20.9. The fraction of sp³-hybridized carbons (Fsp3) is 1.00. The van der Waals surface area contributed by atoms with E-state index in [1.807, 2.05) is 20.8 Å².